The number of nitrogens with one attached hydrogen (secondary N) is 1. The maximum atomic E-state index is 4.51. The molecule has 0 aliphatic carbocycles. The van der Waals surface area contributed by atoms with Crippen LogP contribution >= 0.6 is 11.5 Å². The molecule has 1 heterocycles. The first-order valence-electron chi connectivity index (χ1n) is 6.50. The lowest BCUT2D eigenvalue weighted by Gasteiger charge is -2.03. The molecule has 0 unspecified atom stereocenters. The third-order valence-corrected chi connectivity index (χ3v) is 3.66. The van der Waals surface area contributed by atoms with Crippen molar-refractivity contribution >= 4 is 16.7 Å². The second kappa shape index (κ2) is 5.84. The fourth-order valence-corrected chi connectivity index (χ4v) is 2.58. The first kappa shape index (κ1) is 12.8. The molecule has 0 spiro atoms. The molecule has 20 heavy (non-hydrogen) atoms. The Balaban J connectivity index is 1.69. The summed E-state index contributed by atoms with van der Waals surface area (Å²) in [6, 6.07) is 18.5. The molecular formula is C16H15N3S. The summed E-state index contributed by atoms with van der Waals surface area (Å²) in [4.78, 5) is 4.51. The van der Waals surface area contributed by atoms with Crippen LogP contribution in [0.25, 0.3) is 11.4 Å². The van der Waals surface area contributed by atoms with E-state index in [0.29, 0.717) is 0 Å². The number of hydrogen-bond donors (Lipinski definition) is 1. The van der Waals surface area contributed by atoms with Crippen LogP contribution in [0.4, 0.5) is 5.13 Å². The van der Waals surface area contributed by atoms with Gasteiger partial charge < -0.3 is 5.32 Å². The highest BCUT2D eigenvalue weighted by atomic mass is 32.1. The van der Waals surface area contributed by atoms with Crippen LogP contribution in [0.2, 0.25) is 0 Å². The molecule has 4 heteroatoms. The molecule has 2 aromatic carbocycles. The van der Waals surface area contributed by atoms with Gasteiger partial charge in [-0.1, -0.05) is 60.2 Å². The average molecular weight is 281 g/mol. The Labute approximate surface area is 122 Å². The molecule has 0 aliphatic rings. The zero-order chi connectivity index (χ0) is 13.8. The van der Waals surface area contributed by atoms with E-state index in [4.69, 9.17) is 0 Å². The Kier molecular flexibility index (Phi) is 3.74. The fourth-order valence-electron chi connectivity index (χ4n) is 2.00. The molecule has 0 amide bonds. The Bertz CT molecular complexity index is 692. The van der Waals surface area contributed by atoms with Crippen molar-refractivity contribution in [3.05, 3.63) is 65.7 Å². The molecule has 0 fully saturated rings. The second-order valence-corrected chi connectivity index (χ2v) is 5.38. The molecule has 0 radical (unpaired) electrons. The van der Waals surface area contributed by atoms with Crippen LogP contribution in [0.15, 0.2) is 54.6 Å². The van der Waals surface area contributed by atoms with Crippen LogP contribution < -0.4 is 5.32 Å². The van der Waals surface area contributed by atoms with E-state index in [2.05, 4.69) is 45.9 Å². The molecule has 3 nitrogen and oxygen atoms in total. The van der Waals surface area contributed by atoms with Crippen molar-refractivity contribution in [1.29, 1.82) is 0 Å². The molecule has 3 aromatic rings. The van der Waals surface area contributed by atoms with E-state index in [1.165, 1.54) is 22.7 Å². The van der Waals surface area contributed by atoms with E-state index >= 15 is 0 Å². The molecule has 1 aromatic heterocycles. The number of hydrogen-bond acceptors (Lipinski definition) is 4. The highest BCUT2D eigenvalue weighted by Crippen LogP contribution is 2.21. The van der Waals surface area contributed by atoms with E-state index in [1.54, 1.807) is 0 Å². The van der Waals surface area contributed by atoms with Gasteiger partial charge in [-0.15, -0.1) is 0 Å². The van der Waals surface area contributed by atoms with Crippen molar-refractivity contribution in [2.75, 3.05) is 5.32 Å². The van der Waals surface area contributed by atoms with Crippen LogP contribution in [0, 0.1) is 6.92 Å². The Morgan fingerprint density at radius 3 is 2.70 bits per heavy atom. The summed E-state index contributed by atoms with van der Waals surface area (Å²) in [5.74, 6) is 0.780. The van der Waals surface area contributed by atoms with Gasteiger partial charge in [0.25, 0.3) is 0 Å². The number of nitrogens with zero attached hydrogens (tertiary/aromatic N) is 2. The predicted octanol–water partition coefficient (Wildman–Crippen LogP) is 4.13. The smallest absolute Gasteiger partial charge is 0.203 e. The van der Waals surface area contributed by atoms with E-state index < -0.39 is 0 Å². The summed E-state index contributed by atoms with van der Waals surface area (Å²) in [6.07, 6.45) is 0. The summed E-state index contributed by atoms with van der Waals surface area (Å²) in [6.45, 7) is 2.87. The lowest BCUT2D eigenvalue weighted by molar-refractivity contribution is 1.13. The van der Waals surface area contributed by atoms with Gasteiger partial charge in [0, 0.05) is 23.6 Å². The van der Waals surface area contributed by atoms with Crippen LogP contribution in [0.5, 0.6) is 0 Å². The summed E-state index contributed by atoms with van der Waals surface area (Å²) in [7, 11) is 0. The molecule has 1 N–H and O–H groups in total. The van der Waals surface area contributed by atoms with Crippen molar-refractivity contribution in [2.24, 2.45) is 0 Å². The van der Waals surface area contributed by atoms with Crippen LogP contribution in [0.3, 0.4) is 0 Å². The maximum Gasteiger partial charge on any atom is 0.203 e. The molecule has 0 bridgehead atoms. The van der Waals surface area contributed by atoms with Gasteiger partial charge in [-0.3, -0.25) is 0 Å². The molecule has 0 atom stereocenters. The molecular weight excluding hydrogens is 266 g/mol. The minimum Gasteiger partial charge on any atom is -0.356 e. The Hall–Kier alpha value is -2.20. The van der Waals surface area contributed by atoms with Crippen LogP contribution in [0.1, 0.15) is 11.1 Å². The summed E-state index contributed by atoms with van der Waals surface area (Å²) >= 11 is 1.40. The molecule has 3 rings (SSSR count). The van der Waals surface area contributed by atoms with Crippen molar-refractivity contribution < 1.29 is 0 Å². The van der Waals surface area contributed by atoms with Crippen molar-refractivity contribution in [3.8, 4) is 11.4 Å². The summed E-state index contributed by atoms with van der Waals surface area (Å²) in [5.41, 5.74) is 3.57. The molecule has 100 valence electrons. The average Bonchev–Trinajstić information content (AvgIpc) is 2.95. The van der Waals surface area contributed by atoms with Crippen molar-refractivity contribution in [1.82, 2.24) is 9.36 Å². The fraction of sp³-hybridized carbons (Fsp3) is 0.125. The zero-order valence-corrected chi connectivity index (χ0v) is 12.0. The predicted molar refractivity (Wildman–Crippen MR) is 83.9 cm³/mol. The number of aryl methyl sites for hydroxylation is 1. The third-order valence-electron chi connectivity index (χ3n) is 2.98. The normalized spacial score (nSPS) is 10.4. The highest BCUT2D eigenvalue weighted by molar-refractivity contribution is 7.09. The van der Waals surface area contributed by atoms with E-state index in [0.717, 1.165) is 23.1 Å². The topological polar surface area (TPSA) is 37.8 Å². The van der Waals surface area contributed by atoms with E-state index in [-0.39, 0.29) is 0 Å². The number of aromatic nitrogens is 2. The quantitative estimate of drug-likeness (QED) is 0.781. The summed E-state index contributed by atoms with van der Waals surface area (Å²) < 4.78 is 4.38. The van der Waals surface area contributed by atoms with Gasteiger partial charge in [0.1, 0.15) is 0 Å². The lowest BCUT2D eigenvalue weighted by Crippen LogP contribution is -1.99. The van der Waals surface area contributed by atoms with Crippen LogP contribution in [-0.4, -0.2) is 9.36 Å². The van der Waals surface area contributed by atoms with E-state index in [1.807, 2.05) is 30.3 Å². The minimum atomic E-state index is 0.769. The van der Waals surface area contributed by atoms with Gasteiger partial charge in [0.05, 0.1) is 0 Å². The number of anilines is 1. The third kappa shape index (κ3) is 3.03. The van der Waals surface area contributed by atoms with Gasteiger partial charge in [-0.25, -0.2) is 0 Å². The van der Waals surface area contributed by atoms with Gasteiger partial charge in [-0.05, 0) is 12.5 Å². The van der Waals surface area contributed by atoms with Gasteiger partial charge in [-0.2, -0.15) is 9.36 Å². The largest absolute Gasteiger partial charge is 0.356 e. The van der Waals surface area contributed by atoms with Crippen molar-refractivity contribution in [2.45, 2.75) is 13.5 Å². The monoisotopic (exact) mass is 281 g/mol. The van der Waals surface area contributed by atoms with E-state index in [9.17, 15) is 0 Å². The number of benzene rings is 2. The first-order valence-corrected chi connectivity index (χ1v) is 7.27. The lowest BCUT2D eigenvalue weighted by atomic mass is 10.1. The standard InChI is InChI=1S/C16H15N3S/c1-12-6-5-7-13(10-12)11-17-16-18-15(19-20-16)14-8-3-2-4-9-14/h2-10H,11H2,1H3,(H,17,18,19). The SMILES string of the molecule is Cc1cccc(CNc2nc(-c3ccccc3)ns2)c1. The minimum absolute atomic E-state index is 0.769. The number of rotatable bonds is 4. The van der Waals surface area contributed by atoms with Gasteiger partial charge in [0.15, 0.2) is 5.82 Å². The zero-order valence-electron chi connectivity index (χ0n) is 11.2. The second-order valence-electron chi connectivity index (χ2n) is 4.63. The van der Waals surface area contributed by atoms with Gasteiger partial charge in [0.2, 0.25) is 5.13 Å². The highest BCUT2D eigenvalue weighted by Gasteiger charge is 2.05. The maximum absolute atomic E-state index is 4.51. The summed E-state index contributed by atoms with van der Waals surface area (Å²) in [5, 5.41) is 4.18. The Morgan fingerprint density at radius 1 is 1.05 bits per heavy atom. The van der Waals surface area contributed by atoms with Gasteiger partial charge >= 0.3 is 0 Å². The van der Waals surface area contributed by atoms with Crippen molar-refractivity contribution in [3.63, 3.8) is 0 Å². The molecule has 0 saturated carbocycles. The Morgan fingerprint density at radius 2 is 1.90 bits per heavy atom. The van der Waals surface area contributed by atoms with Crippen LogP contribution in [-0.2, 0) is 6.54 Å². The molecule has 0 aliphatic heterocycles. The molecule has 0 saturated heterocycles. The first-order chi connectivity index (χ1) is 9.81.